The third-order valence-electron chi connectivity index (χ3n) is 14.2. The lowest BCUT2D eigenvalue weighted by molar-refractivity contribution is 0.401. The number of benzene rings is 8. The molecule has 0 amide bonds. The van der Waals surface area contributed by atoms with Crippen LogP contribution in [0.3, 0.4) is 0 Å². The van der Waals surface area contributed by atoms with Gasteiger partial charge in [-0.05, 0) is 215 Å². The summed E-state index contributed by atoms with van der Waals surface area (Å²) in [6.45, 7) is 6.76. The predicted molar refractivity (Wildman–Crippen MR) is 408 cm³/mol. The Morgan fingerprint density at radius 1 is 0.343 bits per heavy atom. The smallest absolute Gasteiger partial charge is 0.263 e. The molecule has 0 atom stereocenters. The highest BCUT2D eigenvalue weighted by atomic mass is 79.9. The van der Waals surface area contributed by atoms with Gasteiger partial charge in [0.2, 0.25) is 16.3 Å². The molecule has 4 aliphatic carbocycles. The summed E-state index contributed by atoms with van der Waals surface area (Å²) < 4.78 is 2.85. The van der Waals surface area contributed by atoms with Crippen molar-refractivity contribution in [1.29, 1.82) is 0 Å². The summed E-state index contributed by atoms with van der Waals surface area (Å²) in [6.07, 6.45) is 18.1. The Hall–Kier alpha value is -8.76. The van der Waals surface area contributed by atoms with Gasteiger partial charge in [-0.15, -0.1) is 45.3 Å². The van der Waals surface area contributed by atoms with Crippen LogP contribution in [0.15, 0.2) is 125 Å². The van der Waals surface area contributed by atoms with Crippen LogP contribution in [0.5, 0.6) is 74.7 Å². The van der Waals surface area contributed by atoms with Crippen LogP contribution < -0.4 is 21.7 Å². The molecular weight excluding hydrogens is 1750 g/mol. The van der Waals surface area contributed by atoms with E-state index in [0.717, 1.165) is 16.9 Å². The molecule has 0 spiro atoms. The third kappa shape index (κ3) is 16.4. The van der Waals surface area contributed by atoms with E-state index in [-0.39, 0.29) is 74.1 Å². The zero-order valence-electron chi connectivity index (χ0n) is 50.8. The fourth-order valence-corrected chi connectivity index (χ4v) is 15.5. The number of aromatic hydroxyl groups is 13. The minimum absolute atomic E-state index is 0.213. The molecule has 0 bridgehead atoms. The number of phenols is 13. The van der Waals surface area contributed by atoms with Crippen molar-refractivity contribution in [2.45, 2.75) is 27.7 Å². The van der Waals surface area contributed by atoms with Crippen LogP contribution in [0.2, 0.25) is 0 Å². The Balaban J connectivity index is 0.000000154. The number of phenolic OH excluding ortho intramolecular Hbond substituents is 13. The van der Waals surface area contributed by atoms with Crippen molar-refractivity contribution in [3.8, 4) is 117 Å². The molecule has 0 fully saturated rings. The van der Waals surface area contributed by atoms with Gasteiger partial charge in [0.1, 0.15) is 20.0 Å². The number of aromatic nitrogens is 4. The minimum atomic E-state index is -0.828. The molecule has 13 N–H and O–H groups in total. The summed E-state index contributed by atoms with van der Waals surface area (Å²) in [5.74, 6) is -3.78. The van der Waals surface area contributed by atoms with Gasteiger partial charge in [-0.25, -0.2) is 19.9 Å². The second-order valence-electron chi connectivity index (χ2n) is 21.0. The van der Waals surface area contributed by atoms with Gasteiger partial charge in [-0.2, -0.15) is 0 Å². The predicted octanol–water partition coefficient (Wildman–Crippen LogP) is 17.1. The van der Waals surface area contributed by atoms with E-state index < -0.39 is 22.4 Å². The number of hydrogen-bond acceptors (Lipinski definition) is 25. The summed E-state index contributed by atoms with van der Waals surface area (Å²) in [5, 5.41) is 129. The number of aryl methyl sites for hydroxylation is 3. The highest BCUT2D eigenvalue weighted by Gasteiger charge is 2.23. The summed E-state index contributed by atoms with van der Waals surface area (Å²) in [7, 11) is 0. The van der Waals surface area contributed by atoms with Crippen molar-refractivity contribution >= 4 is 190 Å². The molecule has 506 valence electrons. The first-order valence-corrected chi connectivity index (χ1v) is 35.9. The summed E-state index contributed by atoms with van der Waals surface area (Å²) >= 11 is 24.2. The Morgan fingerprint density at radius 2 is 0.818 bits per heavy atom. The number of fused-ring (bicyclic) bond motifs is 4. The maximum absolute atomic E-state index is 12.0. The Kier molecular flexibility index (Phi) is 23.5. The van der Waals surface area contributed by atoms with Crippen molar-refractivity contribution in [2.75, 3.05) is 0 Å². The number of hydrogen-bond donors (Lipinski definition) is 13. The van der Waals surface area contributed by atoms with E-state index in [1.54, 1.807) is 106 Å². The maximum Gasteiger partial charge on any atom is 0.263 e. The lowest BCUT2D eigenvalue weighted by Crippen LogP contribution is -2.07. The monoisotopic (exact) mass is 1790 g/mol. The third-order valence-corrected chi connectivity index (χ3v) is 23.8. The van der Waals surface area contributed by atoms with Gasteiger partial charge in [0.15, 0.2) is 74.7 Å². The summed E-state index contributed by atoms with van der Waals surface area (Å²) in [4.78, 5) is 66.5. The fourth-order valence-electron chi connectivity index (χ4n) is 8.93. The number of halogens is 6. The quantitative estimate of drug-likeness (QED) is 0.0628. The lowest BCUT2D eigenvalue weighted by Gasteiger charge is -2.11. The molecule has 0 aromatic heterocycles. The van der Waals surface area contributed by atoms with Crippen molar-refractivity contribution in [1.82, 2.24) is 19.9 Å². The van der Waals surface area contributed by atoms with Crippen molar-refractivity contribution in [3.63, 3.8) is 0 Å². The Morgan fingerprint density at radius 3 is 1.45 bits per heavy atom. The maximum atomic E-state index is 12.0. The molecule has 21 nitrogen and oxygen atoms in total. The Labute approximate surface area is 625 Å². The molecule has 0 saturated heterocycles. The van der Waals surface area contributed by atoms with Crippen LogP contribution >= 0.6 is 141 Å². The van der Waals surface area contributed by atoms with Crippen molar-refractivity contribution < 1.29 is 66.4 Å². The van der Waals surface area contributed by atoms with E-state index in [2.05, 4.69) is 116 Å². The standard InChI is InChI=1S/C18H14BrNO4S.2C17H11Br2NO4S.C16H10BrNO5S/c1-8-7-11-9(2)20-13(25-18(11)17(24)15(8)22)6-4-10-3-5-12(21)16(23)14(10)19;1-7-13(19)9-6-20-12(25-17(9)16(24)14(7)22)3-2-8-4-10(18)15(23)11(21)5-8;1-7-4-9-6-20-11(25-17(9)16(24)14(7)22)3-2-8-5-10(21)15(23)13(19)12(8)18;17-9-5-11(20)10(19)3-7(9)1-2-13-18-6-8-4-12(21)14(22)15(23)16(8)24-13/h3-7,21,23-24H,1-2H3;2*2-6,21,23-24H,1H3;1-6,19-21,23H/b6-4+;2*3-2+;2-1+. The molecule has 12 rings (SSSR count). The van der Waals surface area contributed by atoms with Crippen LogP contribution in [-0.4, -0.2) is 86.3 Å². The van der Waals surface area contributed by atoms with Crippen LogP contribution in [0.4, 0.5) is 0 Å². The van der Waals surface area contributed by atoms with E-state index in [0.29, 0.717) is 128 Å². The molecule has 4 aromatic carbocycles. The van der Waals surface area contributed by atoms with E-state index in [1.165, 1.54) is 76.6 Å². The van der Waals surface area contributed by atoms with Crippen molar-refractivity contribution in [3.05, 3.63) is 212 Å². The lowest BCUT2D eigenvalue weighted by atomic mass is 10.1. The second-order valence-corrected chi connectivity index (χ2v) is 30.0. The fraction of sp³-hybridized carbons (Fsp3) is 0.0588. The molecule has 99 heavy (non-hydrogen) atoms. The Bertz CT molecular complexity index is 5440. The van der Waals surface area contributed by atoms with Gasteiger partial charge < -0.3 is 66.4 Å². The van der Waals surface area contributed by atoms with Crippen molar-refractivity contribution in [2.24, 2.45) is 0 Å². The molecule has 0 radical (unpaired) electrons. The minimum Gasteiger partial charge on any atom is -0.504 e. The highest BCUT2D eigenvalue weighted by molar-refractivity contribution is 9.13. The second kappa shape index (κ2) is 31.2. The molecule has 4 aliphatic heterocycles. The summed E-state index contributed by atoms with van der Waals surface area (Å²) in [6, 6.07) is 14.9. The van der Waals surface area contributed by atoms with E-state index >= 15 is 0 Å². The zero-order chi connectivity index (χ0) is 72.3. The van der Waals surface area contributed by atoms with Crippen LogP contribution in [0.1, 0.15) is 64.7 Å². The normalized spacial score (nSPS) is 11.5. The van der Waals surface area contributed by atoms with Gasteiger partial charge in [0.25, 0.3) is 5.43 Å². The average Bonchev–Trinajstić information content (AvgIpc) is 0.793. The van der Waals surface area contributed by atoms with E-state index in [1.807, 2.05) is 6.92 Å². The molecule has 31 heteroatoms. The molecule has 4 heterocycles. The van der Waals surface area contributed by atoms with Gasteiger partial charge in [0, 0.05) is 76.6 Å². The topological polar surface area (TPSA) is 383 Å². The van der Waals surface area contributed by atoms with Gasteiger partial charge in [0.05, 0.1) is 32.9 Å². The first-order chi connectivity index (χ1) is 46.7. The number of rotatable bonds is 8. The average molecular weight is 1800 g/mol. The van der Waals surface area contributed by atoms with Crippen LogP contribution in [-0.2, 0) is 0 Å². The SMILES string of the molecule is Cc1c(Br)c2cnc(/C=C/c3cc(O)c(O)c(Br)c3)sc-2c(O)c1=O.Cc1cc2cnc(/C=C/c3cc(O)c(O)c(Br)c3Br)sc-2c(O)c1=O.Cc1nc(/C=C/c2ccc(O)c(O)c2Br)sc2c(O)c(=O)c(C)cc1-2.O=c1c(O)cc2cnc(/C=C/c3cc(O)c(O)cc3Br)sc-2c1O. The molecular formula is C68H46Br6N4O17S4. The highest BCUT2D eigenvalue weighted by Crippen LogP contribution is 2.45. The van der Waals surface area contributed by atoms with Gasteiger partial charge >= 0.3 is 0 Å². The first kappa shape index (κ1) is 74.5. The zero-order valence-corrected chi connectivity index (χ0v) is 63.5. The first-order valence-electron chi connectivity index (χ1n) is 27.9. The summed E-state index contributed by atoms with van der Waals surface area (Å²) in [5.41, 5.74) is 5.18. The largest absolute Gasteiger partial charge is 0.504 e. The number of nitrogens with zero attached hydrogens (tertiary/aromatic N) is 4. The molecule has 4 aromatic rings. The molecule has 8 aliphatic rings. The van der Waals surface area contributed by atoms with Gasteiger partial charge in [-0.1, -0.05) is 40.2 Å². The van der Waals surface area contributed by atoms with E-state index in [9.17, 15) is 85.6 Å². The van der Waals surface area contributed by atoms with Gasteiger partial charge in [-0.3, -0.25) is 19.2 Å². The van der Waals surface area contributed by atoms with E-state index in [4.69, 9.17) is 0 Å². The molecule has 0 saturated carbocycles. The van der Waals surface area contributed by atoms with Crippen LogP contribution in [0.25, 0.3) is 90.4 Å². The molecule has 0 unspecified atom stereocenters. The van der Waals surface area contributed by atoms with Crippen LogP contribution in [0, 0.1) is 27.7 Å².